The van der Waals surface area contributed by atoms with Gasteiger partial charge in [-0.1, -0.05) is 35.3 Å². The van der Waals surface area contributed by atoms with Crippen molar-refractivity contribution in [1.29, 1.82) is 0 Å². The Morgan fingerprint density at radius 2 is 2.11 bits per heavy atom. The van der Waals surface area contributed by atoms with Gasteiger partial charge in [-0.05, 0) is 29.8 Å². The molecule has 0 amide bonds. The molecule has 28 heavy (non-hydrogen) atoms. The number of halogens is 2. The minimum atomic E-state index is -0.389. The van der Waals surface area contributed by atoms with Crippen LogP contribution < -0.4 is 20.5 Å². The Morgan fingerprint density at radius 3 is 2.86 bits per heavy atom. The first kappa shape index (κ1) is 19.7. The lowest BCUT2D eigenvalue weighted by Gasteiger charge is -2.13. The molecule has 0 aliphatic carbocycles. The van der Waals surface area contributed by atoms with Gasteiger partial charge in [-0.25, -0.2) is 5.43 Å². The summed E-state index contributed by atoms with van der Waals surface area (Å²) >= 11 is 12.0. The predicted octanol–water partition coefficient (Wildman–Crippen LogP) is 3.51. The van der Waals surface area contributed by atoms with Gasteiger partial charge in [0.15, 0.2) is 11.5 Å². The van der Waals surface area contributed by atoms with E-state index in [0.717, 1.165) is 11.8 Å². The molecule has 0 fully saturated rings. The highest BCUT2D eigenvalue weighted by atomic mass is 35.5. The fourth-order valence-corrected chi connectivity index (χ4v) is 2.58. The molecule has 8 nitrogen and oxygen atoms in total. The second kappa shape index (κ2) is 9.20. The zero-order valence-electron chi connectivity index (χ0n) is 14.6. The molecule has 10 heteroatoms. The molecule has 2 aromatic carbocycles. The number of hydrazone groups is 1. The van der Waals surface area contributed by atoms with Crippen molar-refractivity contribution < 1.29 is 9.47 Å². The van der Waals surface area contributed by atoms with Crippen LogP contribution in [-0.2, 0) is 6.61 Å². The van der Waals surface area contributed by atoms with E-state index in [9.17, 15) is 4.79 Å². The Bertz CT molecular complexity index is 1060. The van der Waals surface area contributed by atoms with Gasteiger partial charge in [0.1, 0.15) is 12.8 Å². The maximum absolute atomic E-state index is 11.2. The highest BCUT2D eigenvalue weighted by Gasteiger charge is 2.10. The number of benzene rings is 2. The van der Waals surface area contributed by atoms with Gasteiger partial charge in [0.2, 0.25) is 5.95 Å². The number of hydrogen-bond donors (Lipinski definition) is 2. The van der Waals surface area contributed by atoms with Gasteiger partial charge in [0.05, 0.1) is 23.4 Å². The van der Waals surface area contributed by atoms with Crippen molar-refractivity contribution in [3.8, 4) is 11.5 Å². The summed E-state index contributed by atoms with van der Waals surface area (Å²) < 4.78 is 11.3. The number of aromatic amines is 1. The summed E-state index contributed by atoms with van der Waals surface area (Å²) in [6.45, 7) is 0.253. The zero-order valence-corrected chi connectivity index (χ0v) is 16.2. The highest BCUT2D eigenvalue weighted by molar-refractivity contribution is 6.42. The van der Waals surface area contributed by atoms with Crippen molar-refractivity contribution in [1.82, 2.24) is 15.2 Å². The molecule has 0 bridgehead atoms. The van der Waals surface area contributed by atoms with Crippen LogP contribution in [0.4, 0.5) is 5.95 Å². The molecule has 0 aliphatic rings. The SMILES string of the molecule is COc1cccc(/C=N/Nc2nncc(=O)[nH]2)c1OCc1ccc(Cl)c(Cl)c1. The number of methoxy groups -OCH3 is 1. The van der Waals surface area contributed by atoms with Crippen molar-refractivity contribution in [2.75, 3.05) is 12.5 Å². The number of rotatable bonds is 7. The molecule has 0 saturated carbocycles. The molecular formula is C18H15Cl2N5O3. The van der Waals surface area contributed by atoms with Crippen LogP contribution in [0.5, 0.6) is 11.5 Å². The van der Waals surface area contributed by atoms with Gasteiger partial charge < -0.3 is 9.47 Å². The maximum Gasteiger partial charge on any atom is 0.271 e. The van der Waals surface area contributed by atoms with Crippen molar-refractivity contribution >= 4 is 35.4 Å². The summed E-state index contributed by atoms with van der Waals surface area (Å²) in [4.78, 5) is 13.7. The van der Waals surface area contributed by atoms with Gasteiger partial charge >= 0.3 is 0 Å². The molecule has 2 N–H and O–H groups in total. The summed E-state index contributed by atoms with van der Waals surface area (Å²) in [7, 11) is 1.55. The molecular weight excluding hydrogens is 405 g/mol. The lowest BCUT2D eigenvalue weighted by molar-refractivity contribution is 0.284. The number of aromatic nitrogens is 3. The lowest BCUT2D eigenvalue weighted by Crippen LogP contribution is -2.10. The third-order valence-electron chi connectivity index (χ3n) is 3.54. The van der Waals surface area contributed by atoms with Gasteiger partial charge in [0.25, 0.3) is 5.56 Å². The summed E-state index contributed by atoms with van der Waals surface area (Å²) in [6.07, 6.45) is 2.58. The molecule has 0 saturated heterocycles. The van der Waals surface area contributed by atoms with E-state index in [1.807, 2.05) is 6.07 Å². The van der Waals surface area contributed by atoms with E-state index in [2.05, 4.69) is 25.7 Å². The fraction of sp³-hybridized carbons (Fsp3) is 0.111. The second-order valence-electron chi connectivity index (χ2n) is 5.47. The van der Waals surface area contributed by atoms with Crippen LogP contribution in [0.15, 0.2) is 52.5 Å². The first-order valence-electron chi connectivity index (χ1n) is 8.01. The molecule has 0 atom stereocenters. The van der Waals surface area contributed by atoms with Crippen molar-refractivity contribution in [3.63, 3.8) is 0 Å². The van der Waals surface area contributed by atoms with Gasteiger partial charge in [-0.15, -0.1) is 10.2 Å². The second-order valence-corrected chi connectivity index (χ2v) is 6.28. The monoisotopic (exact) mass is 419 g/mol. The van der Waals surface area contributed by atoms with Crippen LogP contribution in [0.2, 0.25) is 10.0 Å². The first-order valence-corrected chi connectivity index (χ1v) is 8.77. The Hall–Kier alpha value is -3.10. The number of hydrogen-bond acceptors (Lipinski definition) is 7. The standard InChI is InChI=1S/C18H15Cl2N5O3/c1-27-15-4-2-3-12(8-21-24-18-23-16(26)9-22-25-18)17(15)28-10-11-5-6-13(19)14(20)7-11/h2-9H,10H2,1H3,(H2,23,24,25,26)/b21-8+. The molecule has 1 heterocycles. The quantitative estimate of drug-likeness (QED) is 0.448. The number of ether oxygens (including phenoxy) is 2. The Labute approximate surface area is 170 Å². The summed E-state index contributed by atoms with van der Waals surface area (Å²) in [5.74, 6) is 1.15. The fourth-order valence-electron chi connectivity index (χ4n) is 2.26. The van der Waals surface area contributed by atoms with E-state index < -0.39 is 0 Å². The van der Waals surface area contributed by atoms with Gasteiger partial charge in [-0.2, -0.15) is 5.10 Å². The molecule has 0 unspecified atom stereocenters. The molecule has 0 spiro atoms. The normalized spacial score (nSPS) is 10.8. The average molecular weight is 420 g/mol. The summed E-state index contributed by atoms with van der Waals surface area (Å²) in [5.41, 5.74) is 3.71. The zero-order chi connectivity index (χ0) is 19.9. The van der Waals surface area contributed by atoms with E-state index in [0.29, 0.717) is 27.1 Å². The first-order chi connectivity index (χ1) is 13.6. The minimum Gasteiger partial charge on any atom is -0.493 e. The van der Waals surface area contributed by atoms with Gasteiger partial charge in [0, 0.05) is 5.56 Å². The van der Waals surface area contributed by atoms with Crippen molar-refractivity contribution in [2.45, 2.75) is 6.61 Å². The van der Waals surface area contributed by atoms with Crippen molar-refractivity contribution in [3.05, 3.63) is 74.1 Å². The van der Waals surface area contributed by atoms with Crippen molar-refractivity contribution in [2.24, 2.45) is 5.10 Å². The van der Waals surface area contributed by atoms with E-state index in [1.54, 1.807) is 37.4 Å². The summed E-state index contributed by atoms with van der Waals surface area (Å²) in [6, 6.07) is 10.6. The molecule has 3 rings (SSSR count). The molecule has 0 aliphatic heterocycles. The number of anilines is 1. The van der Waals surface area contributed by atoms with E-state index in [-0.39, 0.29) is 18.1 Å². The van der Waals surface area contributed by atoms with Crippen LogP contribution in [0.25, 0.3) is 0 Å². The molecule has 144 valence electrons. The number of H-pyrrole nitrogens is 1. The largest absolute Gasteiger partial charge is 0.493 e. The van der Waals surface area contributed by atoms with Crippen LogP contribution in [0.1, 0.15) is 11.1 Å². The topological polar surface area (TPSA) is 101 Å². The average Bonchev–Trinajstić information content (AvgIpc) is 2.69. The van der Waals surface area contributed by atoms with Crippen LogP contribution >= 0.6 is 23.2 Å². The Morgan fingerprint density at radius 1 is 1.25 bits per heavy atom. The predicted molar refractivity (Wildman–Crippen MR) is 108 cm³/mol. The van der Waals surface area contributed by atoms with E-state index >= 15 is 0 Å². The third-order valence-corrected chi connectivity index (χ3v) is 4.28. The molecule has 0 radical (unpaired) electrons. The lowest BCUT2D eigenvalue weighted by atomic mass is 10.2. The van der Waals surface area contributed by atoms with Crippen LogP contribution in [0.3, 0.4) is 0 Å². The molecule has 1 aromatic heterocycles. The Kier molecular flexibility index (Phi) is 6.46. The highest BCUT2D eigenvalue weighted by Crippen LogP contribution is 2.31. The number of nitrogens with zero attached hydrogens (tertiary/aromatic N) is 3. The van der Waals surface area contributed by atoms with E-state index in [4.69, 9.17) is 32.7 Å². The minimum absolute atomic E-state index is 0.116. The maximum atomic E-state index is 11.2. The Balaban J connectivity index is 1.78. The third kappa shape index (κ3) is 4.99. The van der Waals surface area contributed by atoms with Crippen LogP contribution in [-0.4, -0.2) is 28.5 Å². The summed E-state index contributed by atoms with van der Waals surface area (Å²) in [5, 5.41) is 12.2. The molecule has 3 aromatic rings. The van der Waals surface area contributed by atoms with Gasteiger partial charge in [-0.3, -0.25) is 9.78 Å². The van der Waals surface area contributed by atoms with E-state index in [1.165, 1.54) is 6.21 Å². The smallest absolute Gasteiger partial charge is 0.271 e. The van der Waals surface area contributed by atoms with Crippen LogP contribution in [0, 0.1) is 0 Å². The number of nitrogens with one attached hydrogen (secondary N) is 2. The number of para-hydroxylation sites is 1.